The Hall–Kier alpha value is -3.08. The van der Waals surface area contributed by atoms with Gasteiger partial charge in [-0.3, -0.25) is 0 Å². The lowest BCUT2D eigenvalue weighted by atomic mass is 10.1. The Labute approximate surface area is 133 Å². The van der Waals surface area contributed by atoms with Crippen molar-refractivity contribution in [3.05, 3.63) is 71.3 Å². The van der Waals surface area contributed by atoms with Crippen LogP contribution in [0.5, 0.6) is 5.75 Å². The largest absolute Gasteiger partial charge is 0.497 e. The van der Waals surface area contributed by atoms with Crippen molar-refractivity contribution >= 4 is 18.0 Å². The molecule has 2 rings (SSSR count). The van der Waals surface area contributed by atoms with Gasteiger partial charge in [-0.15, -0.1) is 0 Å². The minimum absolute atomic E-state index is 0.170. The minimum Gasteiger partial charge on any atom is -0.497 e. The number of carboxylic acids is 1. The first kappa shape index (κ1) is 16.3. The number of benzene rings is 2. The lowest BCUT2D eigenvalue weighted by molar-refractivity contribution is -0.131. The molecule has 0 unspecified atom stereocenters. The lowest BCUT2D eigenvalue weighted by Gasteiger charge is -2.06. The molecule has 0 fully saturated rings. The molecule has 0 atom stereocenters. The molecule has 0 heterocycles. The molecule has 5 heteroatoms. The quantitative estimate of drug-likeness (QED) is 0.655. The zero-order valence-electron chi connectivity index (χ0n) is 12.6. The predicted octanol–water partition coefficient (Wildman–Crippen LogP) is 3.15. The molecule has 2 aromatic carbocycles. The summed E-state index contributed by atoms with van der Waals surface area (Å²) in [6.07, 6.45) is 2.49. The smallest absolute Gasteiger partial charge is 0.338 e. The zero-order valence-corrected chi connectivity index (χ0v) is 12.6. The van der Waals surface area contributed by atoms with E-state index in [1.807, 2.05) is 12.1 Å². The van der Waals surface area contributed by atoms with Gasteiger partial charge in [-0.1, -0.05) is 24.3 Å². The number of carboxylic acid groups (broad SMARTS) is 1. The molecular formula is C18H16O5. The highest BCUT2D eigenvalue weighted by atomic mass is 16.5. The Morgan fingerprint density at radius 1 is 1.04 bits per heavy atom. The van der Waals surface area contributed by atoms with Crippen LogP contribution in [0.3, 0.4) is 0 Å². The molecule has 0 radical (unpaired) electrons. The molecule has 0 aliphatic carbocycles. The molecule has 0 spiro atoms. The van der Waals surface area contributed by atoms with Crippen LogP contribution in [0.4, 0.5) is 0 Å². The minimum atomic E-state index is -1.02. The summed E-state index contributed by atoms with van der Waals surface area (Å²) < 4.78 is 10.3. The number of ether oxygens (including phenoxy) is 2. The molecule has 1 N–H and O–H groups in total. The van der Waals surface area contributed by atoms with Crippen molar-refractivity contribution in [2.45, 2.75) is 6.61 Å². The summed E-state index contributed by atoms with van der Waals surface area (Å²) in [7, 11) is 1.59. The summed E-state index contributed by atoms with van der Waals surface area (Å²) >= 11 is 0. The van der Waals surface area contributed by atoms with Crippen LogP contribution >= 0.6 is 0 Å². The maximum absolute atomic E-state index is 12.0. The molecule has 0 saturated carbocycles. The van der Waals surface area contributed by atoms with Crippen LogP contribution in [-0.2, 0) is 16.1 Å². The van der Waals surface area contributed by atoms with Crippen LogP contribution < -0.4 is 4.74 Å². The van der Waals surface area contributed by atoms with Crippen molar-refractivity contribution in [2.75, 3.05) is 7.11 Å². The van der Waals surface area contributed by atoms with Gasteiger partial charge in [0.1, 0.15) is 12.4 Å². The van der Waals surface area contributed by atoms with Gasteiger partial charge in [-0.2, -0.15) is 0 Å². The van der Waals surface area contributed by atoms with Crippen molar-refractivity contribution < 1.29 is 24.2 Å². The summed E-state index contributed by atoms with van der Waals surface area (Å²) in [5.41, 5.74) is 1.96. The first-order valence-corrected chi connectivity index (χ1v) is 6.89. The number of carbonyl (C=O) groups excluding carboxylic acids is 1. The number of hydrogen-bond donors (Lipinski definition) is 1. The number of hydrogen-bond acceptors (Lipinski definition) is 4. The third kappa shape index (κ3) is 5.00. The van der Waals surface area contributed by atoms with E-state index >= 15 is 0 Å². The number of methoxy groups -OCH3 is 1. The van der Waals surface area contributed by atoms with Crippen LogP contribution in [0.15, 0.2) is 54.6 Å². The van der Waals surface area contributed by atoms with Crippen LogP contribution in [-0.4, -0.2) is 24.2 Å². The van der Waals surface area contributed by atoms with E-state index in [-0.39, 0.29) is 6.61 Å². The molecular weight excluding hydrogens is 296 g/mol. The highest BCUT2D eigenvalue weighted by Crippen LogP contribution is 2.13. The van der Waals surface area contributed by atoms with E-state index in [1.165, 1.54) is 6.08 Å². The van der Waals surface area contributed by atoms with Gasteiger partial charge in [-0.05, 0) is 41.5 Å². The molecule has 0 aromatic heterocycles. The Balaban J connectivity index is 1.93. The third-order valence-corrected chi connectivity index (χ3v) is 3.09. The summed E-state index contributed by atoms with van der Waals surface area (Å²) in [6.45, 7) is 0.170. The van der Waals surface area contributed by atoms with Crippen molar-refractivity contribution in [1.29, 1.82) is 0 Å². The van der Waals surface area contributed by atoms with Gasteiger partial charge in [-0.25, -0.2) is 9.59 Å². The summed E-state index contributed by atoms with van der Waals surface area (Å²) in [5, 5.41) is 8.56. The lowest BCUT2D eigenvalue weighted by Crippen LogP contribution is -2.05. The molecule has 0 bridgehead atoms. The van der Waals surface area contributed by atoms with E-state index in [0.29, 0.717) is 11.1 Å². The molecule has 0 aliphatic heterocycles. The Kier molecular flexibility index (Phi) is 5.52. The maximum atomic E-state index is 12.0. The van der Waals surface area contributed by atoms with E-state index in [9.17, 15) is 9.59 Å². The van der Waals surface area contributed by atoms with Crippen LogP contribution in [0, 0.1) is 0 Å². The van der Waals surface area contributed by atoms with E-state index in [2.05, 4.69) is 0 Å². The van der Waals surface area contributed by atoms with Crippen LogP contribution in [0.25, 0.3) is 6.08 Å². The molecule has 23 heavy (non-hydrogen) atoms. The van der Waals surface area contributed by atoms with Gasteiger partial charge >= 0.3 is 11.9 Å². The first-order chi connectivity index (χ1) is 11.1. The highest BCUT2D eigenvalue weighted by Gasteiger charge is 2.07. The Morgan fingerprint density at radius 3 is 2.26 bits per heavy atom. The van der Waals surface area contributed by atoms with Gasteiger partial charge < -0.3 is 14.6 Å². The van der Waals surface area contributed by atoms with E-state index < -0.39 is 11.9 Å². The predicted molar refractivity (Wildman–Crippen MR) is 85.2 cm³/mol. The van der Waals surface area contributed by atoms with E-state index in [4.69, 9.17) is 14.6 Å². The van der Waals surface area contributed by atoms with Crippen LogP contribution in [0.2, 0.25) is 0 Å². The van der Waals surface area contributed by atoms with Crippen molar-refractivity contribution in [1.82, 2.24) is 0 Å². The average Bonchev–Trinajstić information content (AvgIpc) is 2.58. The van der Waals surface area contributed by atoms with Crippen molar-refractivity contribution in [3.63, 3.8) is 0 Å². The fourth-order valence-corrected chi connectivity index (χ4v) is 1.85. The number of carbonyl (C=O) groups is 2. The van der Waals surface area contributed by atoms with Gasteiger partial charge in [0.25, 0.3) is 0 Å². The fraction of sp³-hybridized carbons (Fsp3) is 0.111. The standard InChI is InChI=1S/C18H16O5/c1-22-16-9-4-14(5-10-16)12-23-18(21)15-7-2-13(3-8-15)6-11-17(19)20/h2-11H,12H2,1H3,(H,19,20)/b11-6+. The van der Waals surface area contributed by atoms with Gasteiger partial charge in [0.05, 0.1) is 12.7 Å². The summed E-state index contributed by atoms with van der Waals surface area (Å²) in [4.78, 5) is 22.4. The van der Waals surface area contributed by atoms with E-state index in [0.717, 1.165) is 17.4 Å². The Morgan fingerprint density at radius 2 is 1.70 bits per heavy atom. The molecule has 0 saturated heterocycles. The SMILES string of the molecule is COc1ccc(COC(=O)c2ccc(/C=C/C(=O)O)cc2)cc1. The van der Waals surface area contributed by atoms with Gasteiger partial charge in [0.2, 0.25) is 0 Å². The summed E-state index contributed by atoms with van der Waals surface area (Å²) in [6, 6.07) is 13.7. The Bertz CT molecular complexity index is 699. The molecule has 5 nitrogen and oxygen atoms in total. The number of rotatable bonds is 6. The molecule has 2 aromatic rings. The number of esters is 1. The second kappa shape index (κ2) is 7.79. The molecule has 0 aliphatic rings. The average molecular weight is 312 g/mol. The normalized spacial score (nSPS) is 10.5. The topological polar surface area (TPSA) is 72.8 Å². The van der Waals surface area contributed by atoms with Crippen molar-refractivity contribution in [2.24, 2.45) is 0 Å². The maximum Gasteiger partial charge on any atom is 0.338 e. The van der Waals surface area contributed by atoms with Gasteiger partial charge in [0.15, 0.2) is 0 Å². The van der Waals surface area contributed by atoms with Gasteiger partial charge in [0, 0.05) is 6.08 Å². The van der Waals surface area contributed by atoms with E-state index in [1.54, 1.807) is 43.5 Å². The van der Waals surface area contributed by atoms with Crippen molar-refractivity contribution in [3.8, 4) is 5.75 Å². The molecule has 0 amide bonds. The number of aliphatic carboxylic acids is 1. The highest BCUT2D eigenvalue weighted by molar-refractivity contribution is 5.90. The fourth-order valence-electron chi connectivity index (χ4n) is 1.85. The first-order valence-electron chi connectivity index (χ1n) is 6.89. The second-order valence-electron chi connectivity index (χ2n) is 4.72. The second-order valence-corrected chi connectivity index (χ2v) is 4.72. The third-order valence-electron chi connectivity index (χ3n) is 3.09. The molecule has 118 valence electrons. The monoisotopic (exact) mass is 312 g/mol. The zero-order chi connectivity index (χ0) is 16.7. The van der Waals surface area contributed by atoms with Crippen LogP contribution in [0.1, 0.15) is 21.5 Å². The summed E-state index contributed by atoms with van der Waals surface area (Å²) in [5.74, 6) is -0.715.